The normalized spacial score (nSPS) is 19.8. The molecule has 0 saturated heterocycles. The monoisotopic (exact) mass is 306 g/mol. The minimum atomic E-state index is -0.361. The van der Waals surface area contributed by atoms with Crippen LogP contribution in [0.5, 0.6) is 0 Å². The summed E-state index contributed by atoms with van der Waals surface area (Å²) in [5, 5.41) is 0. The highest BCUT2D eigenvalue weighted by Crippen LogP contribution is 2.42. The van der Waals surface area contributed by atoms with Crippen molar-refractivity contribution in [1.29, 1.82) is 0 Å². The number of primary amides is 1. The molecule has 2 aromatic rings. The van der Waals surface area contributed by atoms with Crippen molar-refractivity contribution >= 4 is 5.91 Å². The molecule has 2 aliphatic carbocycles. The van der Waals surface area contributed by atoms with Gasteiger partial charge in [0.2, 0.25) is 5.91 Å². The molecule has 0 aromatic heterocycles. The first-order valence-corrected chi connectivity index (χ1v) is 8.44. The van der Waals surface area contributed by atoms with Crippen LogP contribution in [0.4, 0.5) is 0 Å². The lowest BCUT2D eigenvalue weighted by atomic mass is 10.0. The van der Waals surface area contributed by atoms with Gasteiger partial charge < -0.3 is 5.73 Å². The second-order valence-corrected chi connectivity index (χ2v) is 6.72. The van der Waals surface area contributed by atoms with E-state index in [1.165, 1.54) is 42.4 Å². The summed E-state index contributed by atoms with van der Waals surface area (Å²) >= 11 is 0. The van der Waals surface area contributed by atoms with Crippen LogP contribution in [0.2, 0.25) is 0 Å². The largest absolute Gasteiger partial charge is 0.366 e. The van der Waals surface area contributed by atoms with Gasteiger partial charge in [0.05, 0.1) is 0 Å². The van der Waals surface area contributed by atoms with E-state index in [1.54, 1.807) is 0 Å². The fourth-order valence-electron chi connectivity index (χ4n) is 3.76. The predicted molar refractivity (Wildman–Crippen MR) is 91.0 cm³/mol. The zero-order valence-corrected chi connectivity index (χ0v) is 13.2. The first kappa shape index (κ1) is 14.5. The van der Waals surface area contributed by atoms with Crippen LogP contribution in [0.15, 0.2) is 48.5 Å². The van der Waals surface area contributed by atoms with E-state index in [9.17, 15) is 4.79 Å². The molecule has 2 N–H and O–H groups in total. The van der Waals surface area contributed by atoms with Crippen LogP contribution in [0.25, 0.3) is 0 Å². The van der Waals surface area contributed by atoms with E-state index < -0.39 is 0 Å². The number of rotatable bonds is 5. The van der Waals surface area contributed by atoms with Crippen molar-refractivity contribution < 1.29 is 4.79 Å². The summed E-state index contributed by atoms with van der Waals surface area (Å²) in [4.78, 5) is 13.9. The van der Waals surface area contributed by atoms with Crippen molar-refractivity contribution in [3.8, 4) is 0 Å². The maximum atomic E-state index is 11.2. The molecule has 1 fully saturated rings. The quantitative estimate of drug-likeness (QED) is 0.920. The van der Waals surface area contributed by atoms with Crippen molar-refractivity contribution in [3.05, 3.63) is 70.8 Å². The Bertz CT molecular complexity index is 719. The Kier molecular flexibility index (Phi) is 3.66. The van der Waals surface area contributed by atoms with Gasteiger partial charge in [-0.2, -0.15) is 0 Å². The van der Waals surface area contributed by atoms with Gasteiger partial charge in [-0.15, -0.1) is 0 Å². The van der Waals surface area contributed by atoms with E-state index in [2.05, 4.69) is 29.2 Å². The van der Waals surface area contributed by atoms with Crippen LogP contribution in [-0.2, 0) is 13.0 Å². The van der Waals surface area contributed by atoms with Gasteiger partial charge in [-0.1, -0.05) is 36.4 Å². The molecule has 1 saturated carbocycles. The Hall–Kier alpha value is -2.13. The molecule has 2 aliphatic rings. The van der Waals surface area contributed by atoms with Crippen LogP contribution in [0, 0.1) is 0 Å². The average molecular weight is 306 g/mol. The van der Waals surface area contributed by atoms with Crippen molar-refractivity contribution in [1.82, 2.24) is 4.90 Å². The van der Waals surface area contributed by atoms with Gasteiger partial charge >= 0.3 is 0 Å². The highest BCUT2D eigenvalue weighted by molar-refractivity contribution is 5.92. The number of carbonyl (C=O) groups is 1. The lowest BCUT2D eigenvalue weighted by molar-refractivity contribution is 0.1000. The molecular weight excluding hydrogens is 284 g/mol. The molecule has 0 radical (unpaired) electrons. The standard InChI is InChI=1S/C20H22N2O/c21-20(23)16-7-5-14(6-8-16)13-22(17-10-11-17)19-12-9-15-3-1-2-4-18(15)19/h1-8,17,19H,9-13H2,(H2,21,23). The fraction of sp³-hybridized carbons (Fsp3) is 0.350. The molecule has 0 bridgehead atoms. The first-order chi connectivity index (χ1) is 11.2. The van der Waals surface area contributed by atoms with Crippen molar-refractivity contribution in [2.75, 3.05) is 0 Å². The minimum Gasteiger partial charge on any atom is -0.366 e. The van der Waals surface area contributed by atoms with Crippen molar-refractivity contribution in [2.24, 2.45) is 5.73 Å². The summed E-state index contributed by atoms with van der Waals surface area (Å²) in [5.74, 6) is -0.361. The van der Waals surface area contributed by atoms with Crippen LogP contribution in [0.3, 0.4) is 0 Å². The number of aryl methyl sites for hydroxylation is 1. The SMILES string of the molecule is NC(=O)c1ccc(CN(C2CC2)C2CCc3ccccc32)cc1. The second-order valence-electron chi connectivity index (χ2n) is 6.72. The van der Waals surface area contributed by atoms with Gasteiger partial charge in [0.15, 0.2) is 0 Å². The van der Waals surface area contributed by atoms with Gasteiger partial charge in [0.25, 0.3) is 0 Å². The maximum Gasteiger partial charge on any atom is 0.248 e. The fourth-order valence-corrected chi connectivity index (χ4v) is 3.76. The van der Waals surface area contributed by atoms with Crippen LogP contribution >= 0.6 is 0 Å². The maximum absolute atomic E-state index is 11.2. The molecule has 23 heavy (non-hydrogen) atoms. The third-order valence-electron chi connectivity index (χ3n) is 5.12. The molecular formula is C20H22N2O. The summed E-state index contributed by atoms with van der Waals surface area (Å²) in [7, 11) is 0. The lowest BCUT2D eigenvalue weighted by Crippen LogP contribution is -2.29. The summed E-state index contributed by atoms with van der Waals surface area (Å²) in [6.45, 7) is 0.947. The van der Waals surface area contributed by atoms with E-state index in [0.717, 1.165) is 6.54 Å². The van der Waals surface area contributed by atoms with E-state index in [0.29, 0.717) is 17.6 Å². The Balaban J connectivity index is 1.56. The molecule has 2 aromatic carbocycles. The lowest BCUT2D eigenvalue weighted by Gasteiger charge is -2.30. The van der Waals surface area contributed by atoms with E-state index in [1.807, 2.05) is 24.3 Å². The average Bonchev–Trinajstić information content (AvgIpc) is 3.32. The van der Waals surface area contributed by atoms with Crippen LogP contribution < -0.4 is 5.73 Å². The third-order valence-corrected chi connectivity index (χ3v) is 5.12. The van der Waals surface area contributed by atoms with Gasteiger partial charge in [-0.05, 0) is 54.5 Å². The van der Waals surface area contributed by atoms with Gasteiger partial charge in [0.1, 0.15) is 0 Å². The summed E-state index contributed by atoms with van der Waals surface area (Å²) < 4.78 is 0. The predicted octanol–water partition coefficient (Wildman–Crippen LogP) is 3.44. The number of carbonyl (C=O) groups excluding carboxylic acids is 1. The Labute approximate surface area is 137 Å². The molecule has 4 rings (SSSR count). The van der Waals surface area contributed by atoms with Crippen molar-refractivity contribution in [3.63, 3.8) is 0 Å². The topological polar surface area (TPSA) is 46.3 Å². The molecule has 1 unspecified atom stereocenters. The molecule has 3 nitrogen and oxygen atoms in total. The van der Waals surface area contributed by atoms with Crippen molar-refractivity contribution in [2.45, 2.75) is 44.3 Å². The third kappa shape index (κ3) is 2.89. The second kappa shape index (κ2) is 5.82. The summed E-state index contributed by atoms with van der Waals surface area (Å²) in [6.07, 6.45) is 5.01. The summed E-state index contributed by atoms with van der Waals surface area (Å²) in [6, 6.07) is 17.9. The highest BCUT2D eigenvalue weighted by Gasteiger charge is 2.37. The van der Waals surface area contributed by atoms with Crippen LogP contribution in [0.1, 0.15) is 52.4 Å². The molecule has 1 atom stereocenters. The Morgan fingerprint density at radius 1 is 1.04 bits per heavy atom. The number of fused-ring (bicyclic) bond motifs is 1. The van der Waals surface area contributed by atoms with E-state index in [-0.39, 0.29) is 5.91 Å². The molecule has 0 spiro atoms. The molecule has 1 amide bonds. The number of hydrogen-bond donors (Lipinski definition) is 1. The van der Waals surface area contributed by atoms with E-state index >= 15 is 0 Å². The smallest absolute Gasteiger partial charge is 0.248 e. The molecule has 118 valence electrons. The zero-order chi connectivity index (χ0) is 15.8. The molecule has 0 aliphatic heterocycles. The van der Waals surface area contributed by atoms with Gasteiger partial charge in [0, 0.05) is 24.2 Å². The number of amides is 1. The van der Waals surface area contributed by atoms with Gasteiger partial charge in [-0.25, -0.2) is 0 Å². The molecule has 3 heteroatoms. The Morgan fingerprint density at radius 3 is 2.48 bits per heavy atom. The Morgan fingerprint density at radius 2 is 1.78 bits per heavy atom. The number of nitrogens with two attached hydrogens (primary N) is 1. The molecule has 0 heterocycles. The van der Waals surface area contributed by atoms with Gasteiger partial charge in [-0.3, -0.25) is 9.69 Å². The number of hydrogen-bond acceptors (Lipinski definition) is 2. The number of benzene rings is 2. The van der Waals surface area contributed by atoms with Crippen LogP contribution in [-0.4, -0.2) is 16.8 Å². The summed E-state index contributed by atoms with van der Waals surface area (Å²) in [5.41, 5.74) is 10.2. The first-order valence-electron chi connectivity index (χ1n) is 8.44. The number of nitrogens with zero attached hydrogens (tertiary/aromatic N) is 1. The minimum absolute atomic E-state index is 0.361. The zero-order valence-electron chi connectivity index (χ0n) is 13.2. The van der Waals surface area contributed by atoms with E-state index in [4.69, 9.17) is 5.73 Å². The highest BCUT2D eigenvalue weighted by atomic mass is 16.1.